The first-order chi connectivity index (χ1) is 18.6. The minimum absolute atomic E-state index is 0.0602. The van der Waals surface area contributed by atoms with Crippen molar-refractivity contribution in [2.24, 2.45) is 5.10 Å². The van der Waals surface area contributed by atoms with Crippen molar-refractivity contribution in [1.82, 2.24) is 5.43 Å². The number of esters is 1. The first kappa shape index (κ1) is 31.7. The summed E-state index contributed by atoms with van der Waals surface area (Å²) in [5.41, 5.74) is 3.87. The van der Waals surface area contributed by atoms with Crippen LogP contribution in [0.3, 0.4) is 0 Å². The van der Waals surface area contributed by atoms with E-state index in [0.717, 1.165) is 18.4 Å². The highest BCUT2D eigenvalue weighted by Gasteiger charge is 2.11. The Hall–Kier alpha value is -2.47. The zero-order valence-electron chi connectivity index (χ0n) is 23.1. The Bertz CT molecular complexity index is 959. The number of carbonyl (C=O) groups is 2. The average molecular weight is 586 g/mol. The fourth-order valence-electron chi connectivity index (χ4n) is 4.30. The summed E-state index contributed by atoms with van der Waals surface area (Å²) in [5.74, 6) is -0.0417. The lowest BCUT2D eigenvalue weighted by atomic mass is 10.0. The second-order valence-corrected chi connectivity index (χ2v) is 10.8. The number of hydrogen-bond acceptors (Lipinski definition) is 4. The molecule has 0 heterocycles. The minimum Gasteiger partial charge on any atom is -0.423 e. The Morgan fingerprint density at radius 1 is 0.763 bits per heavy atom. The number of halogens is 1. The van der Waals surface area contributed by atoms with Gasteiger partial charge in [0, 0.05) is 10.9 Å². The molecule has 2 rings (SSSR count). The van der Waals surface area contributed by atoms with Crippen LogP contribution in [0.2, 0.25) is 0 Å². The molecule has 0 aliphatic carbocycles. The van der Waals surface area contributed by atoms with Crippen molar-refractivity contribution < 1.29 is 14.3 Å². The number of benzene rings is 2. The van der Waals surface area contributed by atoms with Gasteiger partial charge in [-0.15, -0.1) is 0 Å². The molecule has 0 atom stereocenters. The smallest absolute Gasteiger partial charge is 0.344 e. The van der Waals surface area contributed by atoms with Crippen LogP contribution < -0.4 is 10.2 Å². The third-order valence-corrected chi connectivity index (χ3v) is 7.29. The number of ether oxygens (including phenoxy) is 1. The van der Waals surface area contributed by atoms with Crippen molar-refractivity contribution >= 4 is 34.0 Å². The molecule has 0 aliphatic heterocycles. The van der Waals surface area contributed by atoms with Crippen LogP contribution in [0.15, 0.2) is 58.1 Å². The molecule has 0 aliphatic rings. The highest BCUT2D eigenvalue weighted by molar-refractivity contribution is 9.10. The van der Waals surface area contributed by atoms with E-state index < -0.39 is 5.97 Å². The maximum atomic E-state index is 12.3. The zero-order chi connectivity index (χ0) is 27.3. The summed E-state index contributed by atoms with van der Waals surface area (Å²) in [5, 5.41) is 4.04. The number of nitrogens with one attached hydrogen (secondary N) is 1. The molecule has 0 saturated heterocycles. The van der Waals surface area contributed by atoms with Crippen molar-refractivity contribution in [2.75, 3.05) is 0 Å². The van der Waals surface area contributed by atoms with Crippen molar-refractivity contribution in [3.05, 3.63) is 64.1 Å². The summed E-state index contributed by atoms with van der Waals surface area (Å²) in [6.45, 7) is 2.27. The Labute approximate surface area is 238 Å². The second-order valence-electron chi connectivity index (χ2n) is 9.93. The molecule has 5 nitrogen and oxygen atoms in total. The molecular weight excluding hydrogens is 540 g/mol. The van der Waals surface area contributed by atoms with Gasteiger partial charge in [0.25, 0.3) is 0 Å². The standard InChI is InChI=1S/C32H45BrN2O3/c1-2-3-4-5-6-7-8-9-10-11-12-13-14-15-16-21-31(36)35-34-26-27-22-24-28(25-23-27)38-32(37)29-19-17-18-20-30(29)33/h17-20,22-26H,2-16,21H2,1H3,(H,35,36). The van der Waals surface area contributed by atoms with Gasteiger partial charge >= 0.3 is 5.97 Å². The van der Waals surface area contributed by atoms with Crippen molar-refractivity contribution in [2.45, 2.75) is 110 Å². The van der Waals surface area contributed by atoms with Crippen molar-refractivity contribution in [3.63, 3.8) is 0 Å². The summed E-state index contributed by atoms with van der Waals surface area (Å²) in [4.78, 5) is 24.3. The van der Waals surface area contributed by atoms with Crippen LogP contribution in [0.25, 0.3) is 0 Å². The first-order valence-electron chi connectivity index (χ1n) is 14.5. The van der Waals surface area contributed by atoms with Gasteiger partial charge in [0.2, 0.25) is 5.91 Å². The summed E-state index contributed by atoms with van der Waals surface area (Å²) in [7, 11) is 0. The van der Waals surface area contributed by atoms with Gasteiger partial charge in [-0.05, 0) is 64.3 Å². The largest absolute Gasteiger partial charge is 0.423 e. The van der Waals surface area contributed by atoms with Gasteiger partial charge in [-0.3, -0.25) is 4.79 Å². The lowest BCUT2D eigenvalue weighted by Crippen LogP contribution is -2.16. The minimum atomic E-state index is -0.426. The SMILES string of the molecule is CCCCCCCCCCCCCCCCCC(=O)NN=Cc1ccc(OC(=O)c2ccccc2Br)cc1. The van der Waals surface area contributed by atoms with Crippen molar-refractivity contribution in [3.8, 4) is 5.75 Å². The number of rotatable bonds is 20. The number of hydrogen-bond donors (Lipinski definition) is 1. The number of unbranched alkanes of at least 4 members (excludes halogenated alkanes) is 14. The molecule has 6 heteroatoms. The van der Waals surface area contributed by atoms with E-state index in [2.05, 4.69) is 33.4 Å². The third-order valence-electron chi connectivity index (χ3n) is 6.59. The molecule has 0 aromatic heterocycles. The van der Waals surface area contributed by atoms with E-state index in [4.69, 9.17) is 4.74 Å². The molecule has 0 fully saturated rings. The van der Waals surface area contributed by atoms with Crippen LogP contribution in [0, 0.1) is 0 Å². The first-order valence-corrected chi connectivity index (χ1v) is 15.3. The summed E-state index contributed by atoms with van der Waals surface area (Å²) >= 11 is 3.36. The van der Waals surface area contributed by atoms with E-state index in [1.807, 2.05) is 6.07 Å². The van der Waals surface area contributed by atoms with E-state index in [1.165, 1.54) is 83.5 Å². The molecule has 0 bridgehead atoms. The molecule has 2 aromatic rings. The van der Waals surface area contributed by atoms with Gasteiger partial charge in [0.1, 0.15) is 5.75 Å². The molecule has 38 heavy (non-hydrogen) atoms. The predicted molar refractivity (Wildman–Crippen MR) is 161 cm³/mol. The van der Waals surface area contributed by atoms with Crippen LogP contribution in [0.4, 0.5) is 0 Å². The van der Waals surface area contributed by atoms with Gasteiger partial charge in [-0.1, -0.05) is 109 Å². The Morgan fingerprint density at radius 3 is 1.84 bits per heavy atom. The molecule has 0 saturated carbocycles. The van der Waals surface area contributed by atoms with E-state index in [-0.39, 0.29) is 5.91 Å². The van der Waals surface area contributed by atoms with Crippen LogP contribution in [0.5, 0.6) is 5.75 Å². The van der Waals surface area contributed by atoms with E-state index in [1.54, 1.807) is 48.7 Å². The monoisotopic (exact) mass is 584 g/mol. The molecule has 1 N–H and O–H groups in total. The van der Waals surface area contributed by atoms with Crippen LogP contribution in [-0.2, 0) is 4.79 Å². The zero-order valence-corrected chi connectivity index (χ0v) is 24.6. The van der Waals surface area contributed by atoms with Crippen molar-refractivity contribution in [1.29, 1.82) is 0 Å². The van der Waals surface area contributed by atoms with Crippen LogP contribution in [0.1, 0.15) is 126 Å². The van der Waals surface area contributed by atoms with Crippen LogP contribution >= 0.6 is 15.9 Å². The number of hydrazone groups is 1. The van der Waals surface area contributed by atoms with E-state index in [9.17, 15) is 9.59 Å². The number of nitrogens with zero attached hydrogens (tertiary/aromatic N) is 1. The summed E-state index contributed by atoms with van der Waals surface area (Å²) in [6.07, 6.45) is 21.7. The van der Waals surface area contributed by atoms with Gasteiger partial charge in [0.15, 0.2) is 0 Å². The van der Waals surface area contributed by atoms with Gasteiger partial charge in [0.05, 0.1) is 11.8 Å². The van der Waals surface area contributed by atoms with E-state index in [0.29, 0.717) is 22.2 Å². The molecule has 2 aromatic carbocycles. The van der Waals surface area contributed by atoms with Gasteiger partial charge in [-0.25, -0.2) is 10.2 Å². The highest BCUT2D eigenvalue weighted by Crippen LogP contribution is 2.19. The fraction of sp³-hybridized carbons (Fsp3) is 0.531. The quantitative estimate of drug-likeness (QED) is 0.0553. The average Bonchev–Trinajstić information content (AvgIpc) is 2.92. The fourth-order valence-corrected chi connectivity index (χ4v) is 4.75. The van der Waals surface area contributed by atoms with E-state index >= 15 is 0 Å². The molecule has 0 spiro atoms. The molecule has 1 amide bonds. The topological polar surface area (TPSA) is 67.8 Å². The molecule has 208 valence electrons. The normalized spacial score (nSPS) is 11.1. The molecular formula is C32H45BrN2O3. The maximum absolute atomic E-state index is 12.3. The maximum Gasteiger partial charge on any atom is 0.344 e. The molecule has 0 unspecified atom stereocenters. The van der Waals surface area contributed by atoms with Gasteiger partial charge < -0.3 is 4.74 Å². The van der Waals surface area contributed by atoms with Crippen LogP contribution in [-0.4, -0.2) is 18.1 Å². The Morgan fingerprint density at radius 2 is 1.29 bits per heavy atom. The highest BCUT2D eigenvalue weighted by atomic mass is 79.9. The summed E-state index contributed by atoms with van der Waals surface area (Å²) < 4.78 is 6.10. The number of amides is 1. The second kappa shape index (κ2) is 20.5. The lowest BCUT2D eigenvalue weighted by molar-refractivity contribution is -0.121. The Balaban J connectivity index is 1.46. The number of carbonyl (C=O) groups excluding carboxylic acids is 2. The molecule has 0 radical (unpaired) electrons. The third kappa shape index (κ3) is 14.5. The summed E-state index contributed by atoms with van der Waals surface area (Å²) in [6, 6.07) is 14.1. The Kier molecular flexibility index (Phi) is 17.1. The lowest BCUT2D eigenvalue weighted by Gasteiger charge is -2.06. The van der Waals surface area contributed by atoms with Gasteiger partial charge in [-0.2, -0.15) is 5.10 Å². The predicted octanol–water partition coefficient (Wildman–Crippen LogP) is 9.38.